The van der Waals surface area contributed by atoms with Crippen molar-refractivity contribution in [2.24, 2.45) is 17.3 Å². The van der Waals surface area contributed by atoms with Crippen LogP contribution in [0.5, 0.6) is 0 Å². The Morgan fingerprint density at radius 3 is 2.52 bits per heavy atom. The van der Waals surface area contributed by atoms with E-state index in [2.05, 4.69) is 47.2 Å². The zero-order valence-electron chi connectivity index (χ0n) is 15.7. The number of aromatic nitrogens is 2. The Kier molecular flexibility index (Phi) is 3.64. The van der Waals surface area contributed by atoms with Crippen molar-refractivity contribution in [1.29, 1.82) is 0 Å². The molecule has 138 valence electrons. The number of alkyl halides is 1. The quantitative estimate of drug-likeness (QED) is 0.809. The molecule has 4 fully saturated rings. The third kappa shape index (κ3) is 2.60. The molecule has 5 rings (SSSR count). The number of nitrogens with zero attached hydrogens (tertiary/aromatic N) is 3. The van der Waals surface area contributed by atoms with Crippen LogP contribution in [0.3, 0.4) is 0 Å². The molecule has 0 aromatic carbocycles. The first kappa shape index (κ1) is 16.6. The van der Waals surface area contributed by atoms with Crippen molar-refractivity contribution >= 4 is 11.8 Å². The standard InChI is InChI=1S/C20H30FN3S/c1-19(2,3)24-17(6-13(9-21)22-24)18-15-7-14(8-16(15)18)23-5-4-20(10-23)11-25-12-20/h6,14-16,18H,4-5,7-12H2,1-3H3/t14?,15-,16+,18?. The van der Waals surface area contributed by atoms with E-state index in [0.29, 0.717) is 17.0 Å². The fourth-order valence-electron chi connectivity index (χ4n) is 5.74. The Balaban J connectivity index is 1.28. The maximum Gasteiger partial charge on any atom is 0.133 e. The van der Waals surface area contributed by atoms with Crippen LogP contribution in [0.15, 0.2) is 6.07 Å². The Bertz CT molecular complexity index is 663. The number of likely N-dealkylation sites (tertiary alicyclic amines) is 1. The number of halogens is 1. The second-order valence-electron chi connectivity index (χ2n) is 9.97. The van der Waals surface area contributed by atoms with E-state index in [9.17, 15) is 4.39 Å². The molecule has 0 bridgehead atoms. The number of thioether (sulfide) groups is 1. The maximum atomic E-state index is 13.2. The molecule has 4 atom stereocenters. The Morgan fingerprint density at radius 2 is 2.00 bits per heavy atom. The average molecular weight is 364 g/mol. The highest BCUT2D eigenvalue weighted by Gasteiger charge is 2.60. The summed E-state index contributed by atoms with van der Waals surface area (Å²) in [6.45, 7) is 8.74. The van der Waals surface area contributed by atoms with Gasteiger partial charge in [-0.15, -0.1) is 0 Å². The molecule has 2 saturated carbocycles. The molecule has 2 saturated heterocycles. The van der Waals surface area contributed by atoms with E-state index in [1.54, 1.807) is 0 Å². The summed E-state index contributed by atoms with van der Waals surface area (Å²) in [7, 11) is 0. The van der Waals surface area contributed by atoms with E-state index < -0.39 is 6.67 Å². The molecule has 3 heterocycles. The lowest BCUT2D eigenvalue weighted by Gasteiger charge is -2.38. The van der Waals surface area contributed by atoms with Gasteiger partial charge in [0, 0.05) is 41.1 Å². The van der Waals surface area contributed by atoms with Gasteiger partial charge in [0.2, 0.25) is 0 Å². The molecule has 0 N–H and O–H groups in total. The summed E-state index contributed by atoms with van der Waals surface area (Å²) >= 11 is 2.13. The summed E-state index contributed by atoms with van der Waals surface area (Å²) in [5, 5.41) is 4.55. The van der Waals surface area contributed by atoms with Crippen LogP contribution < -0.4 is 0 Å². The highest BCUT2D eigenvalue weighted by Crippen LogP contribution is 2.64. The zero-order chi connectivity index (χ0) is 17.4. The SMILES string of the molecule is CC(C)(C)n1nc(CF)cc1C1[C@H]2CC(N3CCC4(CSC4)C3)C[C@@H]12. The van der Waals surface area contributed by atoms with Crippen molar-refractivity contribution in [3.8, 4) is 0 Å². The Hall–Kier alpha value is -0.550. The third-order valence-corrected chi connectivity index (χ3v) is 8.76. The first-order chi connectivity index (χ1) is 11.9. The highest BCUT2D eigenvalue weighted by atomic mass is 32.2. The molecule has 25 heavy (non-hydrogen) atoms. The Labute approximate surface area is 154 Å². The molecule has 2 unspecified atom stereocenters. The van der Waals surface area contributed by atoms with Crippen LogP contribution in [-0.4, -0.2) is 45.3 Å². The first-order valence-electron chi connectivity index (χ1n) is 9.87. The van der Waals surface area contributed by atoms with Crippen LogP contribution in [0.1, 0.15) is 57.3 Å². The van der Waals surface area contributed by atoms with Gasteiger partial charge in [-0.05, 0) is 64.5 Å². The lowest BCUT2D eigenvalue weighted by atomic mass is 9.91. The third-order valence-electron chi connectivity index (χ3n) is 7.12. The molecular weight excluding hydrogens is 333 g/mol. The lowest BCUT2D eigenvalue weighted by molar-refractivity contribution is 0.203. The fraction of sp³-hybridized carbons (Fsp3) is 0.850. The minimum atomic E-state index is -0.450. The summed E-state index contributed by atoms with van der Waals surface area (Å²) < 4.78 is 15.3. The molecule has 0 radical (unpaired) electrons. The van der Waals surface area contributed by atoms with Crippen molar-refractivity contribution in [3.05, 3.63) is 17.5 Å². The number of fused-ring (bicyclic) bond motifs is 1. The van der Waals surface area contributed by atoms with E-state index in [-0.39, 0.29) is 5.54 Å². The van der Waals surface area contributed by atoms with Gasteiger partial charge in [0.25, 0.3) is 0 Å². The minimum absolute atomic E-state index is 0.0672. The molecular formula is C20H30FN3S. The van der Waals surface area contributed by atoms with Gasteiger partial charge in [-0.25, -0.2) is 4.39 Å². The van der Waals surface area contributed by atoms with Gasteiger partial charge in [0.1, 0.15) is 6.67 Å². The molecule has 1 aromatic rings. The van der Waals surface area contributed by atoms with Crippen LogP contribution in [-0.2, 0) is 12.2 Å². The molecule has 3 nitrogen and oxygen atoms in total. The van der Waals surface area contributed by atoms with Gasteiger partial charge >= 0.3 is 0 Å². The molecule has 0 amide bonds. The van der Waals surface area contributed by atoms with Gasteiger partial charge in [-0.3, -0.25) is 9.58 Å². The first-order valence-corrected chi connectivity index (χ1v) is 11.0. The van der Waals surface area contributed by atoms with Crippen molar-refractivity contribution < 1.29 is 4.39 Å². The second kappa shape index (κ2) is 5.48. The molecule has 1 spiro atoms. The predicted octanol–water partition coefficient (Wildman–Crippen LogP) is 4.04. The highest BCUT2D eigenvalue weighted by molar-refractivity contribution is 8.00. The maximum absolute atomic E-state index is 13.2. The van der Waals surface area contributed by atoms with E-state index in [0.717, 1.165) is 17.9 Å². The lowest BCUT2D eigenvalue weighted by Crippen LogP contribution is -2.41. The van der Waals surface area contributed by atoms with Crippen molar-refractivity contribution in [2.45, 2.75) is 64.2 Å². The zero-order valence-corrected chi connectivity index (χ0v) is 16.5. The number of hydrogen-bond donors (Lipinski definition) is 0. The number of rotatable bonds is 3. The monoisotopic (exact) mass is 363 g/mol. The van der Waals surface area contributed by atoms with Crippen molar-refractivity contribution in [3.63, 3.8) is 0 Å². The summed E-state index contributed by atoms with van der Waals surface area (Å²) in [4.78, 5) is 2.80. The molecule has 2 aliphatic carbocycles. The van der Waals surface area contributed by atoms with E-state index in [1.165, 1.54) is 49.6 Å². The average Bonchev–Trinajstić information content (AvgIpc) is 3.03. The molecule has 1 aromatic heterocycles. The van der Waals surface area contributed by atoms with Crippen molar-refractivity contribution in [1.82, 2.24) is 14.7 Å². The van der Waals surface area contributed by atoms with Gasteiger partial charge in [-0.2, -0.15) is 16.9 Å². The normalized spacial score (nSPS) is 36.6. The van der Waals surface area contributed by atoms with Gasteiger partial charge in [0.05, 0.1) is 11.2 Å². The van der Waals surface area contributed by atoms with Crippen LogP contribution >= 0.6 is 11.8 Å². The molecule has 4 aliphatic rings. The van der Waals surface area contributed by atoms with Gasteiger partial charge in [-0.1, -0.05) is 0 Å². The van der Waals surface area contributed by atoms with Crippen molar-refractivity contribution in [2.75, 3.05) is 24.6 Å². The largest absolute Gasteiger partial charge is 0.300 e. The summed E-state index contributed by atoms with van der Waals surface area (Å²) in [6, 6.07) is 2.85. The summed E-state index contributed by atoms with van der Waals surface area (Å²) in [5.74, 6) is 5.02. The van der Waals surface area contributed by atoms with Gasteiger partial charge in [0.15, 0.2) is 0 Å². The molecule has 2 aliphatic heterocycles. The number of hydrogen-bond acceptors (Lipinski definition) is 3. The predicted molar refractivity (Wildman–Crippen MR) is 101 cm³/mol. The van der Waals surface area contributed by atoms with E-state index in [1.807, 2.05) is 6.07 Å². The minimum Gasteiger partial charge on any atom is -0.300 e. The summed E-state index contributed by atoms with van der Waals surface area (Å²) in [6.07, 6.45) is 4.11. The van der Waals surface area contributed by atoms with Crippen LogP contribution in [0.25, 0.3) is 0 Å². The van der Waals surface area contributed by atoms with Crippen LogP contribution in [0.4, 0.5) is 4.39 Å². The van der Waals surface area contributed by atoms with E-state index in [4.69, 9.17) is 0 Å². The summed E-state index contributed by atoms with van der Waals surface area (Å²) in [5.41, 5.74) is 2.51. The molecule has 5 heteroatoms. The van der Waals surface area contributed by atoms with Crippen LogP contribution in [0, 0.1) is 17.3 Å². The van der Waals surface area contributed by atoms with Crippen LogP contribution in [0.2, 0.25) is 0 Å². The van der Waals surface area contributed by atoms with E-state index >= 15 is 0 Å². The fourth-order valence-corrected chi connectivity index (χ4v) is 7.00. The topological polar surface area (TPSA) is 21.1 Å². The van der Waals surface area contributed by atoms with Gasteiger partial charge < -0.3 is 0 Å². The Morgan fingerprint density at radius 1 is 1.28 bits per heavy atom. The smallest absolute Gasteiger partial charge is 0.133 e. The second-order valence-corrected chi connectivity index (χ2v) is 11.0.